The van der Waals surface area contributed by atoms with E-state index in [9.17, 15) is 4.79 Å². The highest BCUT2D eigenvalue weighted by atomic mass is 35.5. The third-order valence-electron chi connectivity index (χ3n) is 5.39. The van der Waals surface area contributed by atoms with Crippen molar-refractivity contribution in [2.75, 3.05) is 47.8 Å². The second kappa shape index (κ2) is 14.7. The molecule has 3 rings (SSSR count). The van der Waals surface area contributed by atoms with Gasteiger partial charge in [0.25, 0.3) is 0 Å². The molecule has 0 heterocycles. The van der Waals surface area contributed by atoms with Gasteiger partial charge < -0.3 is 28.4 Å². The van der Waals surface area contributed by atoms with E-state index in [0.29, 0.717) is 18.8 Å². The van der Waals surface area contributed by atoms with E-state index in [4.69, 9.17) is 51.6 Å². The van der Waals surface area contributed by atoms with Crippen LogP contribution in [0.1, 0.15) is 22.8 Å². The van der Waals surface area contributed by atoms with Crippen LogP contribution < -0.4 is 14.2 Å². The van der Waals surface area contributed by atoms with Gasteiger partial charge in [-0.1, -0.05) is 83.9 Å². The zero-order chi connectivity index (χ0) is 26.6. The van der Waals surface area contributed by atoms with Gasteiger partial charge in [-0.05, 0) is 11.1 Å². The number of ether oxygens (including phenoxy) is 6. The molecule has 198 valence electrons. The molecule has 0 N–H and O–H groups in total. The summed E-state index contributed by atoms with van der Waals surface area (Å²) < 4.78 is 33.5. The van der Waals surface area contributed by atoms with Crippen molar-refractivity contribution in [1.29, 1.82) is 0 Å². The van der Waals surface area contributed by atoms with Gasteiger partial charge in [0.05, 0.1) is 31.8 Å². The summed E-state index contributed by atoms with van der Waals surface area (Å²) in [7, 11) is 4.57. The number of carbonyl (C=O) groups is 1. The third-order valence-corrected chi connectivity index (χ3v) is 6.26. The first-order chi connectivity index (χ1) is 18.0. The summed E-state index contributed by atoms with van der Waals surface area (Å²) in [5.74, 6) is 0.117. The van der Waals surface area contributed by atoms with Crippen LogP contribution in [-0.4, -0.2) is 53.7 Å². The van der Waals surface area contributed by atoms with Crippen molar-refractivity contribution < 1.29 is 33.2 Å². The summed E-state index contributed by atoms with van der Waals surface area (Å²) in [6.45, 7) is 1.03. The molecule has 0 radical (unpaired) electrons. The molecular formula is C28H30Cl2O7. The van der Waals surface area contributed by atoms with E-state index in [1.807, 2.05) is 60.7 Å². The average Bonchev–Trinajstić information content (AvgIpc) is 2.93. The minimum Gasteiger partial charge on any atom is -0.492 e. The first kappa shape index (κ1) is 28.6. The maximum Gasteiger partial charge on any atom is 0.311 e. The number of hydrogen-bond acceptors (Lipinski definition) is 7. The molecule has 9 heteroatoms. The van der Waals surface area contributed by atoms with Crippen LogP contribution in [-0.2, 0) is 25.4 Å². The Balaban J connectivity index is 1.95. The summed E-state index contributed by atoms with van der Waals surface area (Å²) in [5, 5.41) is 0.203. The van der Waals surface area contributed by atoms with Gasteiger partial charge >= 0.3 is 5.97 Å². The normalized spacial score (nSPS) is 10.9. The predicted octanol–water partition coefficient (Wildman–Crippen LogP) is 5.93. The Morgan fingerprint density at radius 2 is 1.22 bits per heavy atom. The summed E-state index contributed by atoms with van der Waals surface area (Å²) in [5.41, 5.74) is 2.00. The lowest BCUT2D eigenvalue weighted by Crippen LogP contribution is -2.16. The number of rotatable bonds is 14. The van der Waals surface area contributed by atoms with Crippen molar-refractivity contribution in [2.24, 2.45) is 0 Å². The van der Waals surface area contributed by atoms with E-state index < -0.39 is 12.1 Å². The molecule has 3 aromatic rings. The van der Waals surface area contributed by atoms with Crippen molar-refractivity contribution in [3.8, 4) is 17.2 Å². The molecule has 7 nitrogen and oxygen atoms in total. The molecule has 0 saturated carbocycles. The largest absolute Gasteiger partial charge is 0.492 e. The highest BCUT2D eigenvalue weighted by molar-refractivity contribution is 6.44. The van der Waals surface area contributed by atoms with Gasteiger partial charge in [-0.2, -0.15) is 0 Å². The fourth-order valence-corrected chi connectivity index (χ4v) is 4.15. The standard InChI is InChI=1S/C28H30Cl2O7/c1-32-14-16-35-27-24(30)23(29)21(26(34-3)28(27)36-17-15-33-2)18-22(31)37-25(19-10-6-4-7-11-19)20-12-8-5-9-13-20/h4-13,25H,14-18H2,1-3H3. The fourth-order valence-electron chi connectivity index (χ4n) is 3.66. The molecule has 0 amide bonds. The van der Waals surface area contributed by atoms with Gasteiger partial charge in [-0.3, -0.25) is 4.79 Å². The summed E-state index contributed by atoms with van der Waals surface area (Å²) in [6, 6.07) is 19.0. The number of carbonyl (C=O) groups excluding carboxylic acids is 1. The molecule has 0 bridgehead atoms. The third kappa shape index (κ3) is 7.52. The highest BCUT2D eigenvalue weighted by Gasteiger charge is 2.29. The second-order valence-corrected chi connectivity index (χ2v) is 8.60. The van der Waals surface area contributed by atoms with Crippen LogP contribution in [0.15, 0.2) is 60.7 Å². The van der Waals surface area contributed by atoms with Crippen molar-refractivity contribution in [2.45, 2.75) is 12.5 Å². The Morgan fingerprint density at radius 1 is 0.703 bits per heavy atom. The number of esters is 1. The molecule has 37 heavy (non-hydrogen) atoms. The predicted molar refractivity (Wildman–Crippen MR) is 142 cm³/mol. The molecule has 0 atom stereocenters. The van der Waals surface area contributed by atoms with Crippen LogP contribution >= 0.6 is 23.2 Å². The summed E-state index contributed by atoms with van der Waals surface area (Å²) in [6.07, 6.45) is -0.819. The van der Waals surface area contributed by atoms with Crippen LogP contribution in [0, 0.1) is 0 Å². The van der Waals surface area contributed by atoms with Crippen molar-refractivity contribution in [3.05, 3.63) is 87.4 Å². The minimum atomic E-state index is -0.607. The number of hydrogen-bond donors (Lipinski definition) is 0. The first-order valence-corrected chi connectivity index (χ1v) is 12.4. The average molecular weight is 549 g/mol. The van der Waals surface area contributed by atoms with Crippen LogP contribution in [0.2, 0.25) is 10.0 Å². The molecular weight excluding hydrogens is 519 g/mol. The van der Waals surface area contributed by atoms with Crippen LogP contribution in [0.3, 0.4) is 0 Å². The Labute approximate surface area is 227 Å². The molecule has 0 spiro atoms. The quantitative estimate of drug-likeness (QED) is 0.182. The van der Waals surface area contributed by atoms with E-state index in [-0.39, 0.29) is 46.9 Å². The van der Waals surface area contributed by atoms with E-state index in [2.05, 4.69) is 0 Å². The van der Waals surface area contributed by atoms with Gasteiger partial charge in [0.15, 0.2) is 17.6 Å². The smallest absolute Gasteiger partial charge is 0.311 e. The van der Waals surface area contributed by atoms with E-state index >= 15 is 0 Å². The molecule has 3 aromatic carbocycles. The van der Waals surface area contributed by atoms with E-state index in [1.165, 1.54) is 7.11 Å². The maximum absolute atomic E-state index is 13.3. The van der Waals surface area contributed by atoms with Crippen molar-refractivity contribution in [1.82, 2.24) is 0 Å². The monoisotopic (exact) mass is 548 g/mol. The van der Waals surface area contributed by atoms with Crippen LogP contribution in [0.4, 0.5) is 0 Å². The van der Waals surface area contributed by atoms with Crippen LogP contribution in [0.5, 0.6) is 17.2 Å². The minimum absolute atomic E-state index is 0.0939. The number of halogens is 2. The fraction of sp³-hybridized carbons (Fsp3) is 0.321. The molecule has 0 fully saturated rings. The Kier molecular flexibility index (Phi) is 11.4. The molecule has 0 unspecified atom stereocenters. The van der Waals surface area contributed by atoms with Gasteiger partial charge in [-0.15, -0.1) is 0 Å². The molecule has 0 aliphatic rings. The number of methoxy groups -OCH3 is 3. The van der Waals surface area contributed by atoms with E-state index in [1.54, 1.807) is 14.2 Å². The Morgan fingerprint density at radius 3 is 1.70 bits per heavy atom. The molecule has 0 aliphatic carbocycles. The molecule has 0 aliphatic heterocycles. The van der Waals surface area contributed by atoms with E-state index in [0.717, 1.165) is 11.1 Å². The lowest BCUT2D eigenvalue weighted by Gasteiger charge is -2.22. The zero-order valence-electron chi connectivity index (χ0n) is 21.0. The van der Waals surface area contributed by atoms with Gasteiger partial charge in [0, 0.05) is 19.8 Å². The molecule has 0 aromatic heterocycles. The van der Waals surface area contributed by atoms with Gasteiger partial charge in [-0.25, -0.2) is 0 Å². The highest BCUT2D eigenvalue weighted by Crippen LogP contribution is 2.50. The van der Waals surface area contributed by atoms with Gasteiger partial charge in [0.2, 0.25) is 5.75 Å². The van der Waals surface area contributed by atoms with Crippen molar-refractivity contribution in [3.63, 3.8) is 0 Å². The SMILES string of the molecule is COCCOc1c(Cl)c(Cl)c(CC(=O)OC(c2ccccc2)c2ccccc2)c(OC)c1OCCOC. The van der Waals surface area contributed by atoms with Crippen LogP contribution in [0.25, 0.3) is 0 Å². The Bertz CT molecular complexity index is 1100. The van der Waals surface area contributed by atoms with Gasteiger partial charge in [0.1, 0.15) is 18.2 Å². The topological polar surface area (TPSA) is 72.5 Å². The molecule has 0 saturated heterocycles. The summed E-state index contributed by atoms with van der Waals surface area (Å²) in [4.78, 5) is 13.3. The van der Waals surface area contributed by atoms with Crippen molar-refractivity contribution >= 4 is 29.2 Å². The first-order valence-electron chi connectivity index (χ1n) is 11.6. The lowest BCUT2D eigenvalue weighted by atomic mass is 10.0. The number of benzene rings is 3. The zero-order valence-corrected chi connectivity index (χ0v) is 22.5. The maximum atomic E-state index is 13.3. The Hall–Kier alpha value is -2.97. The summed E-state index contributed by atoms with van der Waals surface area (Å²) >= 11 is 13.2. The second-order valence-electron chi connectivity index (χ2n) is 7.85. The lowest BCUT2D eigenvalue weighted by molar-refractivity contribution is -0.146.